The molecule has 0 saturated carbocycles. The van der Waals surface area contributed by atoms with Gasteiger partial charge in [0.15, 0.2) is 0 Å². The summed E-state index contributed by atoms with van der Waals surface area (Å²) in [6.45, 7) is 4.19. The molecule has 1 aliphatic rings. The minimum atomic E-state index is -0.358. The highest BCUT2D eigenvalue weighted by molar-refractivity contribution is 6.00. The van der Waals surface area contributed by atoms with Gasteiger partial charge in [-0.15, -0.1) is 0 Å². The van der Waals surface area contributed by atoms with Crippen LogP contribution in [0.15, 0.2) is 60.8 Å². The normalized spacial score (nSPS) is 13.2. The van der Waals surface area contributed by atoms with Crippen molar-refractivity contribution < 1.29 is 19.4 Å². The Balaban J connectivity index is 1.29. The Morgan fingerprint density at radius 1 is 1.00 bits per heavy atom. The number of carbonyl (C=O) groups excluding carboxylic acids is 2. The summed E-state index contributed by atoms with van der Waals surface area (Å²) in [6, 6.07) is 16.0. The molecular weight excluding hydrogens is 460 g/mol. The number of carbonyl (C=O) groups is 2. The summed E-state index contributed by atoms with van der Waals surface area (Å²) in [5.41, 5.74) is 3.86. The number of aromatic nitrogens is 1. The number of hydrogen-bond donors (Lipinski definition) is 4. The van der Waals surface area contributed by atoms with Gasteiger partial charge in [0.2, 0.25) is 0 Å². The predicted molar refractivity (Wildman–Crippen MR) is 140 cm³/mol. The fourth-order valence-corrected chi connectivity index (χ4v) is 3.99. The Hall–Kier alpha value is -4.31. The Morgan fingerprint density at radius 2 is 1.75 bits per heavy atom. The summed E-state index contributed by atoms with van der Waals surface area (Å²) >= 11 is 0. The molecule has 0 unspecified atom stereocenters. The minimum Gasteiger partial charge on any atom is -0.495 e. The molecule has 0 atom stereocenters. The lowest BCUT2D eigenvalue weighted by Crippen LogP contribution is -2.50. The van der Waals surface area contributed by atoms with Crippen LogP contribution in [0, 0.1) is 6.92 Å². The number of hydrogen-bond acceptors (Lipinski definition) is 6. The van der Waals surface area contributed by atoms with E-state index in [0.717, 1.165) is 11.3 Å². The number of benzene rings is 2. The first-order chi connectivity index (χ1) is 17.5. The van der Waals surface area contributed by atoms with Crippen molar-refractivity contribution in [2.24, 2.45) is 0 Å². The molecule has 36 heavy (non-hydrogen) atoms. The minimum absolute atomic E-state index is 0.191. The van der Waals surface area contributed by atoms with Gasteiger partial charge in [-0.25, -0.2) is 14.6 Å². The van der Waals surface area contributed by atoms with Crippen molar-refractivity contribution >= 4 is 34.9 Å². The van der Waals surface area contributed by atoms with Gasteiger partial charge in [-0.05, 0) is 55.0 Å². The molecule has 1 aliphatic heterocycles. The smallest absolute Gasteiger partial charge is 0.323 e. The molecular formula is C26H30N6O4. The van der Waals surface area contributed by atoms with Gasteiger partial charge in [0, 0.05) is 49.3 Å². The molecule has 0 aliphatic carbocycles. The number of nitrogens with zero attached hydrogens (tertiary/aromatic N) is 3. The lowest BCUT2D eigenvalue weighted by Gasteiger charge is -2.36. The molecule has 4 rings (SSSR count). The second-order valence-electron chi connectivity index (χ2n) is 8.40. The van der Waals surface area contributed by atoms with Gasteiger partial charge in [0.05, 0.1) is 19.4 Å². The second-order valence-corrected chi connectivity index (χ2v) is 8.40. The van der Waals surface area contributed by atoms with E-state index in [1.165, 1.54) is 0 Å². The van der Waals surface area contributed by atoms with Crippen molar-refractivity contribution in [2.45, 2.75) is 13.5 Å². The van der Waals surface area contributed by atoms with Crippen molar-refractivity contribution in [1.82, 2.24) is 9.88 Å². The number of anilines is 4. The van der Waals surface area contributed by atoms with Crippen molar-refractivity contribution in [1.29, 1.82) is 0 Å². The summed E-state index contributed by atoms with van der Waals surface area (Å²) in [4.78, 5) is 33.2. The lowest BCUT2D eigenvalue weighted by molar-refractivity contribution is 0.208. The van der Waals surface area contributed by atoms with Crippen LogP contribution < -0.4 is 25.6 Å². The van der Waals surface area contributed by atoms with Gasteiger partial charge in [0.1, 0.15) is 11.6 Å². The quantitative estimate of drug-likeness (QED) is 0.416. The molecule has 4 N–H and O–H groups in total. The molecule has 3 aromatic rings. The van der Waals surface area contributed by atoms with Crippen LogP contribution in [0.4, 0.5) is 32.5 Å². The molecule has 0 spiro atoms. The topological polar surface area (TPSA) is 119 Å². The zero-order chi connectivity index (χ0) is 25.5. The maximum absolute atomic E-state index is 12.6. The van der Waals surface area contributed by atoms with E-state index in [9.17, 15) is 14.7 Å². The summed E-state index contributed by atoms with van der Waals surface area (Å²) < 4.78 is 5.31. The Kier molecular flexibility index (Phi) is 7.86. The molecule has 1 aromatic heterocycles. The molecule has 2 heterocycles. The Morgan fingerprint density at radius 3 is 2.44 bits per heavy atom. The van der Waals surface area contributed by atoms with Crippen LogP contribution in [-0.4, -0.2) is 60.3 Å². The van der Waals surface area contributed by atoms with E-state index < -0.39 is 0 Å². The predicted octanol–water partition coefficient (Wildman–Crippen LogP) is 3.89. The van der Waals surface area contributed by atoms with E-state index in [1.54, 1.807) is 30.3 Å². The van der Waals surface area contributed by atoms with Crippen molar-refractivity contribution in [3.05, 3.63) is 71.9 Å². The van der Waals surface area contributed by atoms with Crippen LogP contribution in [0.5, 0.6) is 5.75 Å². The van der Waals surface area contributed by atoms with Crippen LogP contribution in [0.1, 0.15) is 11.1 Å². The van der Waals surface area contributed by atoms with Crippen molar-refractivity contribution in [2.75, 3.05) is 54.1 Å². The first-order valence-electron chi connectivity index (χ1n) is 11.6. The highest BCUT2D eigenvalue weighted by Gasteiger charge is 2.22. The van der Waals surface area contributed by atoms with E-state index in [-0.39, 0.29) is 18.7 Å². The summed E-state index contributed by atoms with van der Waals surface area (Å²) in [5, 5.41) is 17.9. The maximum Gasteiger partial charge on any atom is 0.323 e. The molecule has 4 amide bonds. The SMILES string of the molecule is COc1ccc(C)cc1NC(=O)Nc1ccc(N2CCN(C(=O)Nc3ncccc3CO)CC2)cc1. The second kappa shape index (κ2) is 11.4. The number of piperazine rings is 1. The monoisotopic (exact) mass is 490 g/mol. The average molecular weight is 491 g/mol. The molecule has 10 heteroatoms. The van der Waals surface area contributed by atoms with Crippen molar-refractivity contribution in [3.8, 4) is 5.75 Å². The number of amides is 4. The number of nitrogens with one attached hydrogen (secondary N) is 3. The third-order valence-corrected chi connectivity index (χ3v) is 5.95. The van der Waals surface area contributed by atoms with Crippen LogP contribution >= 0.6 is 0 Å². The van der Waals surface area contributed by atoms with Crippen LogP contribution in [0.3, 0.4) is 0 Å². The van der Waals surface area contributed by atoms with Gasteiger partial charge in [-0.1, -0.05) is 12.1 Å². The number of aryl methyl sites for hydroxylation is 1. The highest BCUT2D eigenvalue weighted by Crippen LogP contribution is 2.26. The van der Waals surface area contributed by atoms with Gasteiger partial charge in [0.25, 0.3) is 0 Å². The molecule has 188 valence electrons. The number of aliphatic hydroxyl groups excluding tert-OH is 1. The number of rotatable bonds is 6. The molecule has 1 saturated heterocycles. The van der Waals surface area contributed by atoms with E-state index in [4.69, 9.17) is 4.74 Å². The maximum atomic E-state index is 12.6. The third-order valence-electron chi connectivity index (χ3n) is 5.95. The zero-order valence-electron chi connectivity index (χ0n) is 20.3. The number of methoxy groups -OCH3 is 1. The standard InChI is InChI=1S/C26H30N6O4/c1-18-5-10-23(36-2)22(16-18)29-25(34)28-20-6-8-21(9-7-20)31-12-14-32(15-13-31)26(35)30-24-19(17-33)4-3-11-27-24/h3-11,16,33H,12-15,17H2,1-2H3,(H,27,30,35)(H2,28,29,34). The van der Waals surface area contributed by atoms with E-state index in [1.807, 2.05) is 49.4 Å². The molecule has 10 nitrogen and oxygen atoms in total. The van der Waals surface area contributed by atoms with E-state index >= 15 is 0 Å². The van der Waals surface area contributed by atoms with Crippen LogP contribution in [0.25, 0.3) is 0 Å². The third kappa shape index (κ3) is 6.02. The first-order valence-corrected chi connectivity index (χ1v) is 11.6. The Bertz CT molecular complexity index is 1210. The summed E-state index contributed by atoms with van der Waals surface area (Å²) in [5.74, 6) is 0.966. The number of ether oxygens (including phenoxy) is 1. The molecule has 1 fully saturated rings. The first kappa shape index (κ1) is 24.8. The van der Waals surface area contributed by atoms with E-state index in [2.05, 4.69) is 25.8 Å². The summed E-state index contributed by atoms with van der Waals surface area (Å²) in [6.07, 6.45) is 1.58. The fraction of sp³-hybridized carbons (Fsp3) is 0.269. The summed E-state index contributed by atoms with van der Waals surface area (Å²) in [7, 11) is 1.56. The number of urea groups is 2. The molecule has 0 radical (unpaired) electrons. The van der Waals surface area contributed by atoms with Gasteiger partial charge >= 0.3 is 12.1 Å². The number of pyridine rings is 1. The highest BCUT2D eigenvalue weighted by atomic mass is 16.5. The van der Waals surface area contributed by atoms with Gasteiger partial charge < -0.3 is 30.3 Å². The van der Waals surface area contributed by atoms with Crippen LogP contribution in [-0.2, 0) is 6.61 Å². The largest absolute Gasteiger partial charge is 0.495 e. The van der Waals surface area contributed by atoms with Crippen LogP contribution in [0.2, 0.25) is 0 Å². The van der Waals surface area contributed by atoms with Crippen molar-refractivity contribution in [3.63, 3.8) is 0 Å². The van der Waals surface area contributed by atoms with Gasteiger partial charge in [-0.3, -0.25) is 5.32 Å². The Labute approximate surface area is 209 Å². The lowest BCUT2D eigenvalue weighted by atomic mass is 10.2. The van der Waals surface area contributed by atoms with Gasteiger partial charge in [-0.2, -0.15) is 0 Å². The average Bonchev–Trinajstić information content (AvgIpc) is 2.89. The van der Waals surface area contributed by atoms with E-state index in [0.29, 0.717) is 54.7 Å². The molecule has 2 aromatic carbocycles. The number of aliphatic hydroxyl groups is 1. The molecule has 0 bridgehead atoms. The zero-order valence-corrected chi connectivity index (χ0v) is 20.3. The fourth-order valence-electron chi connectivity index (χ4n) is 3.99.